The molecule has 7 heteroatoms. The normalized spacial score (nSPS) is 21.7. The van der Waals surface area contributed by atoms with Crippen molar-refractivity contribution >= 4 is 23.0 Å². The smallest absolute Gasteiger partial charge is 0.314 e. The van der Waals surface area contributed by atoms with Crippen LogP contribution in [0.2, 0.25) is 0 Å². The zero-order valence-electron chi connectivity index (χ0n) is 13.2. The average Bonchev–Trinajstić information content (AvgIpc) is 3.14. The van der Waals surface area contributed by atoms with Gasteiger partial charge in [0.2, 0.25) is 0 Å². The third-order valence-corrected chi connectivity index (χ3v) is 4.59. The van der Waals surface area contributed by atoms with Crippen molar-refractivity contribution in [3.8, 4) is 0 Å². The van der Waals surface area contributed by atoms with Gasteiger partial charge in [-0.2, -0.15) is 0 Å². The topological polar surface area (TPSA) is 84.0 Å². The molecular weight excluding hydrogens is 282 g/mol. The van der Waals surface area contributed by atoms with E-state index in [0.717, 1.165) is 24.3 Å². The molecule has 1 atom stereocenters. The third-order valence-electron chi connectivity index (χ3n) is 4.59. The van der Waals surface area contributed by atoms with Crippen LogP contribution in [0, 0.1) is 11.3 Å². The number of H-pyrrole nitrogens is 1. The maximum Gasteiger partial charge on any atom is 0.314 e. The number of nitrogens with zero attached hydrogens (tertiary/aromatic N) is 4. The summed E-state index contributed by atoms with van der Waals surface area (Å²) in [4.78, 5) is 30.4. The van der Waals surface area contributed by atoms with Crippen molar-refractivity contribution in [2.45, 2.75) is 27.2 Å². The van der Waals surface area contributed by atoms with Gasteiger partial charge in [-0.05, 0) is 19.3 Å². The van der Waals surface area contributed by atoms with Gasteiger partial charge in [-0.25, -0.2) is 15.0 Å². The summed E-state index contributed by atoms with van der Waals surface area (Å²) in [5.74, 6) is 0.896. The summed E-state index contributed by atoms with van der Waals surface area (Å²) in [5, 5.41) is 0. The molecule has 1 unspecified atom stereocenters. The van der Waals surface area contributed by atoms with E-state index in [2.05, 4.69) is 38.7 Å². The van der Waals surface area contributed by atoms with E-state index in [0.29, 0.717) is 18.8 Å². The average molecular weight is 303 g/mol. The summed E-state index contributed by atoms with van der Waals surface area (Å²) in [6.07, 6.45) is 3.89. The van der Waals surface area contributed by atoms with Gasteiger partial charge in [0.25, 0.3) is 0 Å². The highest BCUT2D eigenvalue weighted by atomic mass is 16.5. The zero-order valence-corrected chi connectivity index (χ0v) is 13.2. The van der Waals surface area contributed by atoms with Crippen LogP contribution in [-0.2, 0) is 9.53 Å². The lowest BCUT2D eigenvalue weighted by Crippen LogP contribution is -2.40. The Morgan fingerprint density at radius 2 is 2.27 bits per heavy atom. The number of esters is 1. The summed E-state index contributed by atoms with van der Waals surface area (Å²) < 4.78 is 5.33. The first-order valence-corrected chi connectivity index (χ1v) is 7.64. The summed E-state index contributed by atoms with van der Waals surface area (Å²) in [7, 11) is 0. The van der Waals surface area contributed by atoms with Crippen molar-refractivity contribution in [1.29, 1.82) is 0 Å². The standard InChI is InChI=1S/C15H21N5O2/c1-4-22-14(21)15(10(2)3)5-6-20(7-15)13-11-12(17-8-16-11)18-9-19-13/h8-10H,4-7H2,1-3H3,(H,16,17,18,19). The molecule has 2 aromatic heterocycles. The summed E-state index contributed by atoms with van der Waals surface area (Å²) in [6, 6.07) is 0. The van der Waals surface area contributed by atoms with Gasteiger partial charge in [-0.3, -0.25) is 4.79 Å². The lowest BCUT2D eigenvalue weighted by atomic mass is 9.76. The van der Waals surface area contributed by atoms with Gasteiger partial charge >= 0.3 is 5.97 Å². The lowest BCUT2D eigenvalue weighted by molar-refractivity contribution is -0.156. The fourth-order valence-corrected chi connectivity index (χ4v) is 3.15. The molecule has 0 aromatic carbocycles. The largest absolute Gasteiger partial charge is 0.466 e. The molecule has 118 valence electrons. The number of hydrogen-bond acceptors (Lipinski definition) is 6. The van der Waals surface area contributed by atoms with E-state index in [1.807, 2.05) is 6.92 Å². The van der Waals surface area contributed by atoms with Gasteiger partial charge in [-0.15, -0.1) is 0 Å². The summed E-state index contributed by atoms with van der Waals surface area (Å²) >= 11 is 0. The van der Waals surface area contributed by atoms with E-state index in [9.17, 15) is 4.79 Å². The fraction of sp³-hybridized carbons (Fsp3) is 0.600. The first-order chi connectivity index (χ1) is 10.6. The predicted octanol–water partition coefficient (Wildman–Crippen LogP) is 1.77. The molecule has 0 aliphatic carbocycles. The van der Waals surface area contributed by atoms with E-state index in [1.54, 1.807) is 6.33 Å². The fourth-order valence-electron chi connectivity index (χ4n) is 3.15. The summed E-state index contributed by atoms with van der Waals surface area (Å²) in [5.41, 5.74) is 0.974. The molecule has 0 bridgehead atoms. The molecule has 1 aliphatic rings. The van der Waals surface area contributed by atoms with Gasteiger partial charge in [-0.1, -0.05) is 13.8 Å². The van der Waals surface area contributed by atoms with Crippen molar-refractivity contribution in [3.05, 3.63) is 12.7 Å². The molecule has 1 saturated heterocycles. The van der Waals surface area contributed by atoms with Crippen LogP contribution in [0.4, 0.5) is 5.82 Å². The van der Waals surface area contributed by atoms with E-state index in [-0.39, 0.29) is 11.9 Å². The monoisotopic (exact) mass is 303 g/mol. The van der Waals surface area contributed by atoms with Gasteiger partial charge in [0.15, 0.2) is 11.5 Å². The maximum atomic E-state index is 12.5. The second-order valence-electron chi connectivity index (χ2n) is 6.00. The second kappa shape index (κ2) is 5.55. The van der Waals surface area contributed by atoms with E-state index in [1.165, 1.54) is 6.33 Å². The Bertz CT molecular complexity index is 683. The van der Waals surface area contributed by atoms with Crippen molar-refractivity contribution < 1.29 is 9.53 Å². The number of anilines is 1. The highest BCUT2D eigenvalue weighted by molar-refractivity contribution is 5.84. The molecule has 3 rings (SSSR count). The zero-order chi connectivity index (χ0) is 15.7. The minimum absolute atomic E-state index is 0.109. The molecule has 22 heavy (non-hydrogen) atoms. The van der Waals surface area contributed by atoms with Gasteiger partial charge < -0.3 is 14.6 Å². The lowest BCUT2D eigenvalue weighted by Gasteiger charge is -2.31. The van der Waals surface area contributed by atoms with Crippen LogP contribution < -0.4 is 4.90 Å². The molecule has 1 N–H and O–H groups in total. The van der Waals surface area contributed by atoms with Crippen molar-refractivity contribution in [2.24, 2.45) is 11.3 Å². The number of hydrogen-bond donors (Lipinski definition) is 1. The number of carbonyl (C=O) groups excluding carboxylic acids is 1. The van der Waals surface area contributed by atoms with E-state index in [4.69, 9.17) is 4.74 Å². The molecule has 0 saturated carbocycles. The maximum absolute atomic E-state index is 12.5. The van der Waals surface area contributed by atoms with Gasteiger partial charge in [0.1, 0.15) is 11.8 Å². The van der Waals surface area contributed by atoms with Crippen LogP contribution in [0.25, 0.3) is 11.2 Å². The van der Waals surface area contributed by atoms with Crippen LogP contribution in [0.5, 0.6) is 0 Å². The number of imidazole rings is 1. The Labute approximate surface area is 129 Å². The highest BCUT2D eigenvalue weighted by Crippen LogP contribution is 2.41. The Morgan fingerprint density at radius 1 is 1.45 bits per heavy atom. The van der Waals surface area contributed by atoms with Gasteiger partial charge in [0, 0.05) is 13.1 Å². The van der Waals surface area contributed by atoms with Gasteiger partial charge in [0.05, 0.1) is 18.3 Å². The van der Waals surface area contributed by atoms with Crippen LogP contribution in [0.15, 0.2) is 12.7 Å². The number of aromatic nitrogens is 4. The summed E-state index contributed by atoms with van der Waals surface area (Å²) in [6.45, 7) is 7.78. The highest BCUT2D eigenvalue weighted by Gasteiger charge is 2.48. The predicted molar refractivity (Wildman–Crippen MR) is 82.4 cm³/mol. The first kappa shape index (κ1) is 14.7. The van der Waals surface area contributed by atoms with Crippen molar-refractivity contribution in [3.63, 3.8) is 0 Å². The Kier molecular flexibility index (Phi) is 3.72. The molecule has 1 aliphatic heterocycles. The Hall–Kier alpha value is -2.18. The molecule has 1 fully saturated rings. The number of aromatic amines is 1. The number of ether oxygens (including phenoxy) is 1. The Balaban J connectivity index is 1.93. The minimum atomic E-state index is -0.479. The third kappa shape index (κ3) is 2.20. The molecule has 7 nitrogen and oxygen atoms in total. The van der Waals surface area contributed by atoms with Crippen molar-refractivity contribution in [1.82, 2.24) is 19.9 Å². The van der Waals surface area contributed by atoms with Crippen LogP contribution >= 0.6 is 0 Å². The number of nitrogens with one attached hydrogen (secondary N) is 1. The van der Waals surface area contributed by atoms with Crippen LogP contribution in [-0.4, -0.2) is 45.6 Å². The van der Waals surface area contributed by atoms with Crippen LogP contribution in [0.3, 0.4) is 0 Å². The number of rotatable bonds is 4. The molecule has 0 spiro atoms. The Morgan fingerprint density at radius 3 is 3.00 bits per heavy atom. The molecule has 3 heterocycles. The van der Waals surface area contributed by atoms with E-state index < -0.39 is 5.41 Å². The molecule has 2 aromatic rings. The number of carbonyl (C=O) groups is 1. The molecule has 0 radical (unpaired) electrons. The molecule has 0 amide bonds. The first-order valence-electron chi connectivity index (χ1n) is 7.64. The van der Waals surface area contributed by atoms with E-state index >= 15 is 0 Å². The van der Waals surface area contributed by atoms with Crippen LogP contribution in [0.1, 0.15) is 27.2 Å². The van der Waals surface area contributed by atoms with Crippen molar-refractivity contribution in [2.75, 3.05) is 24.6 Å². The molecular formula is C15H21N5O2. The number of fused-ring (bicyclic) bond motifs is 1. The quantitative estimate of drug-likeness (QED) is 0.867. The second-order valence-corrected chi connectivity index (χ2v) is 6.00. The minimum Gasteiger partial charge on any atom is -0.466 e. The SMILES string of the molecule is CCOC(=O)C1(C(C)C)CCN(c2ncnc3nc[nH]c23)C1.